The molecule has 0 saturated heterocycles. The van der Waals surface area contributed by atoms with E-state index in [2.05, 4.69) is 5.18 Å². The minimum atomic E-state index is -4.87. The normalized spacial score (nSPS) is 15.4. The summed E-state index contributed by atoms with van der Waals surface area (Å²) in [6.45, 7) is 1.46. The molecule has 1 aliphatic heterocycles. The van der Waals surface area contributed by atoms with Gasteiger partial charge in [0, 0.05) is 23.3 Å². The number of nitrogens with zero attached hydrogens (tertiary/aromatic N) is 2. The van der Waals surface area contributed by atoms with Crippen molar-refractivity contribution in [1.82, 2.24) is 4.57 Å². The first-order valence-corrected chi connectivity index (χ1v) is 13.6. The van der Waals surface area contributed by atoms with Gasteiger partial charge in [0.05, 0.1) is 29.3 Å². The third kappa shape index (κ3) is 5.08. The molecule has 5 nitrogen and oxygen atoms in total. The van der Waals surface area contributed by atoms with Crippen molar-refractivity contribution >= 4 is 11.8 Å². The van der Waals surface area contributed by atoms with E-state index in [0.29, 0.717) is 5.56 Å². The van der Waals surface area contributed by atoms with Crippen LogP contribution in [-0.4, -0.2) is 17.4 Å². The number of alkyl halides is 3. The van der Waals surface area contributed by atoms with Crippen LogP contribution in [0.3, 0.4) is 0 Å². The fourth-order valence-electron chi connectivity index (χ4n) is 5.34. The monoisotopic (exact) mass is 604 g/mol. The Kier molecular flexibility index (Phi) is 7.93. The summed E-state index contributed by atoms with van der Waals surface area (Å²) in [5.41, 5.74) is -2.26. The van der Waals surface area contributed by atoms with Gasteiger partial charge >= 0.3 is 6.18 Å². The number of thioether (sulfide) groups is 1. The van der Waals surface area contributed by atoms with E-state index >= 15 is 4.39 Å². The highest BCUT2D eigenvalue weighted by Crippen LogP contribution is 2.46. The summed E-state index contributed by atoms with van der Waals surface area (Å²) in [6.07, 6.45) is -5.44. The molecular formula is C30H22F6N2O3S. The molecule has 3 aromatic carbocycles. The minimum Gasteiger partial charge on any atom is -0.494 e. The molecule has 0 bridgehead atoms. The van der Waals surface area contributed by atoms with Gasteiger partial charge in [-0.15, -0.1) is 11.8 Å². The lowest BCUT2D eigenvalue weighted by Gasteiger charge is -2.24. The third-order valence-electron chi connectivity index (χ3n) is 7.38. The molecule has 1 aliphatic rings. The maximum absolute atomic E-state index is 15.5. The zero-order valence-corrected chi connectivity index (χ0v) is 23.0. The summed E-state index contributed by atoms with van der Waals surface area (Å²) >= 11 is 1.09. The number of ether oxygens (including phenoxy) is 1. The summed E-state index contributed by atoms with van der Waals surface area (Å²) < 4.78 is 92.2. The topological polar surface area (TPSA) is 60.7 Å². The Morgan fingerprint density at radius 1 is 1.02 bits per heavy atom. The van der Waals surface area contributed by atoms with Crippen molar-refractivity contribution in [3.8, 4) is 16.9 Å². The van der Waals surface area contributed by atoms with Crippen LogP contribution in [0.4, 0.5) is 26.3 Å². The molecule has 5 rings (SSSR count). The second kappa shape index (κ2) is 11.3. The van der Waals surface area contributed by atoms with E-state index in [4.69, 9.17) is 4.74 Å². The zero-order chi connectivity index (χ0) is 30.3. The second-order valence-electron chi connectivity index (χ2n) is 9.70. The molecule has 0 amide bonds. The van der Waals surface area contributed by atoms with Gasteiger partial charge in [0.15, 0.2) is 11.6 Å². The smallest absolute Gasteiger partial charge is 0.416 e. The van der Waals surface area contributed by atoms with Crippen LogP contribution in [0, 0.1) is 29.3 Å². The van der Waals surface area contributed by atoms with E-state index in [1.165, 1.54) is 48.9 Å². The average molecular weight is 605 g/mol. The van der Waals surface area contributed by atoms with Crippen LogP contribution in [0.1, 0.15) is 39.9 Å². The molecule has 218 valence electrons. The third-order valence-corrected chi connectivity index (χ3v) is 8.60. The van der Waals surface area contributed by atoms with Crippen LogP contribution in [0.15, 0.2) is 75.7 Å². The van der Waals surface area contributed by atoms with Crippen molar-refractivity contribution in [2.75, 3.05) is 12.9 Å². The van der Waals surface area contributed by atoms with Crippen LogP contribution in [-0.2, 0) is 12.6 Å². The first-order chi connectivity index (χ1) is 20.0. The number of halogens is 6. The summed E-state index contributed by atoms with van der Waals surface area (Å²) in [6, 6.07) is 9.59. The number of aromatic nitrogens is 1. The Labute approximate surface area is 240 Å². The van der Waals surface area contributed by atoms with Crippen LogP contribution < -0.4 is 10.3 Å². The van der Waals surface area contributed by atoms with Crippen molar-refractivity contribution in [3.63, 3.8) is 0 Å². The highest BCUT2D eigenvalue weighted by Gasteiger charge is 2.39. The first kappa shape index (κ1) is 29.4. The van der Waals surface area contributed by atoms with E-state index in [9.17, 15) is 31.7 Å². The first-order valence-electron chi connectivity index (χ1n) is 12.6. The Morgan fingerprint density at radius 2 is 1.71 bits per heavy atom. The van der Waals surface area contributed by atoms with Gasteiger partial charge in [0.25, 0.3) is 5.56 Å². The van der Waals surface area contributed by atoms with Crippen LogP contribution >= 0.6 is 11.8 Å². The number of rotatable bonds is 7. The Balaban J connectivity index is 1.80. The van der Waals surface area contributed by atoms with Gasteiger partial charge in [-0.2, -0.15) is 18.1 Å². The molecule has 0 spiro atoms. The molecule has 0 aliphatic carbocycles. The lowest BCUT2D eigenvalue weighted by atomic mass is 9.91. The molecule has 0 radical (unpaired) electrons. The Hall–Kier alpha value is -4.06. The van der Waals surface area contributed by atoms with Gasteiger partial charge in [-0.05, 0) is 53.9 Å². The highest BCUT2D eigenvalue weighted by atomic mass is 32.2. The number of fused-ring (bicyclic) bond motifs is 1. The van der Waals surface area contributed by atoms with Gasteiger partial charge in [-0.1, -0.05) is 35.5 Å². The maximum Gasteiger partial charge on any atom is 0.416 e. The molecule has 12 heteroatoms. The van der Waals surface area contributed by atoms with Crippen molar-refractivity contribution in [1.29, 1.82) is 0 Å². The fourth-order valence-corrected chi connectivity index (χ4v) is 6.76. The summed E-state index contributed by atoms with van der Waals surface area (Å²) in [5.74, 6) is -2.60. The number of pyridine rings is 1. The molecule has 2 atom stereocenters. The van der Waals surface area contributed by atoms with E-state index in [0.717, 1.165) is 42.1 Å². The molecule has 2 heterocycles. The molecule has 1 aromatic heterocycles. The van der Waals surface area contributed by atoms with E-state index in [-0.39, 0.29) is 38.8 Å². The Bertz CT molecular complexity index is 1740. The van der Waals surface area contributed by atoms with E-state index < -0.39 is 58.8 Å². The molecular weight excluding hydrogens is 582 g/mol. The molecule has 42 heavy (non-hydrogen) atoms. The van der Waals surface area contributed by atoms with Gasteiger partial charge in [-0.25, -0.2) is 13.2 Å². The second-order valence-corrected chi connectivity index (χ2v) is 10.7. The van der Waals surface area contributed by atoms with Gasteiger partial charge in [0.1, 0.15) is 17.7 Å². The highest BCUT2D eigenvalue weighted by molar-refractivity contribution is 7.99. The SMILES string of the molecule is COc1cccc(-c2c(C)c(Cc3c(F)cccc3C(F)(F)F)c3n(c2=O)C(C(N=O)c2ccc(F)cc2)CS3)c1F. The number of benzene rings is 3. The van der Waals surface area contributed by atoms with Crippen molar-refractivity contribution in [3.05, 3.63) is 121 Å². The maximum atomic E-state index is 15.5. The molecule has 0 saturated carbocycles. The lowest BCUT2D eigenvalue weighted by molar-refractivity contribution is -0.138. The van der Waals surface area contributed by atoms with Gasteiger partial charge in [0.2, 0.25) is 0 Å². The summed E-state index contributed by atoms with van der Waals surface area (Å²) in [5, 5.41) is 3.42. The van der Waals surface area contributed by atoms with Crippen LogP contribution in [0.25, 0.3) is 11.1 Å². The quantitative estimate of drug-likeness (QED) is 0.158. The number of methoxy groups -OCH3 is 1. The van der Waals surface area contributed by atoms with Gasteiger partial charge < -0.3 is 4.74 Å². The Morgan fingerprint density at radius 3 is 2.36 bits per heavy atom. The van der Waals surface area contributed by atoms with Crippen LogP contribution in [0.5, 0.6) is 5.75 Å². The van der Waals surface area contributed by atoms with Gasteiger partial charge in [-0.3, -0.25) is 9.36 Å². The number of hydrogen-bond donors (Lipinski definition) is 0. The largest absolute Gasteiger partial charge is 0.494 e. The average Bonchev–Trinajstić information content (AvgIpc) is 3.38. The molecule has 0 fully saturated rings. The lowest BCUT2D eigenvalue weighted by Crippen LogP contribution is -2.30. The molecule has 4 aromatic rings. The van der Waals surface area contributed by atoms with Crippen molar-refractivity contribution < 1.29 is 31.1 Å². The zero-order valence-electron chi connectivity index (χ0n) is 22.1. The fraction of sp³-hybridized carbons (Fsp3) is 0.233. The summed E-state index contributed by atoms with van der Waals surface area (Å²) in [4.78, 5) is 26.2. The predicted octanol–water partition coefficient (Wildman–Crippen LogP) is 8.01. The van der Waals surface area contributed by atoms with Crippen LogP contribution in [0.2, 0.25) is 0 Å². The van der Waals surface area contributed by atoms with Crippen molar-refractivity contribution in [2.45, 2.75) is 36.6 Å². The predicted molar refractivity (Wildman–Crippen MR) is 146 cm³/mol. The molecule has 2 unspecified atom stereocenters. The number of hydrogen-bond acceptors (Lipinski definition) is 5. The van der Waals surface area contributed by atoms with E-state index in [1.54, 1.807) is 0 Å². The van der Waals surface area contributed by atoms with Crippen molar-refractivity contribution in [2.24, 2.45) is 5.18 Å². The number of nitroso groups, excluding NO2 is 1. The van der Waals surface area contributed by atoms with E-state index in [1.807, 2.05) is 0 Å². The minimum absolute atomic E-state index is 0.100. The standard InChI is InChI=1S/C30H22F6N2O3S/c1-15-19(13-20-21(30(34,35)36)6-4-7-22(20)32)29-38(28(39)25(15)18-5-3-8-24(41-2)26(18)33)23(14-42-29)27(37-40)16-9-11-17(31)12-10-16/h3-12,23,27H,13-14H2,1-2H3. The summed E-state index contributed by atoms with van der Waals surface area (Å²) in [7, 11) is 1.24. The molecule has 0 N–H and O–H groups in total.